The van der Waals surface area contributed by atoms with Crippen molar-refractivity contribution >= 4 is 23.2 Å². The highest BCUT2D eigenvalue weighted by atomic mass is 31.2. The van der Waals surface area contributed by atoms with E-state index in [2.05, 4.69) is 91.0 Å². The molecule has 27 heavy (non-hydrogen) atoms. The first-order valence-electron chi connectivity index (χ1n) is 9.10. The van der Waals surface area contributed by atoms with Crippen LogP contribution in [0.25, 0.3) is 0 Å². The fourth-order valence-electron chi connectivity index (χ4n) is 3.66. The first-order chi connectivity index (χ1) is 13.3. The second-order valence-corrected chi connectivity index (χ2v) is 10.1. The summed E-state index contributed by atoms with van der Waals surface area (Å²) in [7, 11) is -2.00. The lowest BCUT2D eigenvalue weighted by atomic mass is 10.2. The molecule has 0 saturated heterocycles. The second-order valence-electron chi connectivity index (χ2n) is 6.58. The minimum absolute atomic E-state index is 0.115. The van der Waals surface area contributed by atoms with Gasteiger partial charge in [0.2, 0.25) is 0 Å². The van der Waals surface area contributed by atoms with E-state index in [9.17, 15) is 5.11 Å². The number of hydrogen-bond donors (Lipinski definition) is 0. The van der Waals surface area contributed by atoms with Gasteiger partial charge in [-0.15, -0.1) is 5.75 Å². The molecule has 2 heteroatoms. The number of rotatable bonds is 5. The predicted octanol–water partition coefficient (Wildman–Crippen LogP) is 4.25. The minimum Gasteiger partial charge on any atom is -0.872 e. The maximum atomic E-state index is 12.6. The van der Waals surface area contributed by atoms with E-state index in [1.165, 1.54) is 15.9 Å². The highest BCUT2D eigenvalue weighted by Crippen LogP contribution is 2.58. The Balaban J connectivity index is 2.02. The lowest BCUT2D eigenvalue weighted by Crippen LogP contribution is -2.32. The van der Waals surface area contributed by atoms with Crippen LogP contribution in [-0.2, 0) is 6.16 Å². The van der Waals surface area contributed by atoms with E-state index in [0.717, 1.165) is 11.7 Å². The van der Waals surface area contributed by atoms with Crippen molar-refractivity contribution in [3.8, 4) is 5.75 Å². The van der Waals surface area contributed by atoms with E-state index in [1.54, 1.807) is 6.07 Å². The van der Waals surface area contributed by atoms with Crippen LogP contribution in [-0.4, -0.2) is 0 Å². The van der Waals surface area contributed by atoms with Gasteiger partial charge in [0.15, 0.2) is 0 Å². The molecule has 0 N–H and O–H groups in total. The number of hydrogen-bond acceptors (Lipinski definition) is 1. The summed E-state index contributed by atoms with van der Waals surface area (Å²) in [6.07, 6.45) is 0.727. The largest absolute Gasteiger partial charge is 0.872 e. The van der Waals surface area contributed by atoms with E-state index in [-0.39, 0.29) is 5.75 Å². The molecule has 1 nitrogen and oxygen atoms in total. The van der Waals surface area contributed by atoms with Crippen LogP contribution in [0, 0.1) is 0 Å². The molecule has 0 atom stereocenters. The Labute approximate surface area is 161 Å². The summed E-state index contributed by atoms with van der Waals surface area (Å²) in [5.74, 6) is 0.115. The third-order valence-electron chi connectivity index (χ3n) is 4.97. The molecular formula is C25H21OP. The van der Waals surface area contributed by atoms with Gasteiger partial charge in [-0.05, 0) is 42.0 Å². The molecule has 0 aliphatic rings. The summed E-state index contributed by atoms with van der Waals surface area (Å²) in [6.45, 7) is 0. The molecule has 0 bridgehead atoms. The third kappa shape index (κ3) is 3.39. The van der Waals surface area contributed by atoms with Crippen LogP contribution >= 0.6 is 7.26 Å². The van der Waals surface area contributed by atoms with Crippen molar-refractivity contribution in [2.75, 3.05) is 0 Å². The van der Waals surface area contributed by atoms with E-state index in [1.807, 2.05) is 18.2 Å². The SMILES string of the molecule is [O-]c1ccccc1C[P+](c1ccccc1)(c1ccccc1)c1ccccc1. The van der Waals surface area contributed by atoms with Gasteiger partial charge in [-0.3, -0.25) is 0 Å². The van der Waals surface area contributed by atoms with E-state index in [4.69, 9.17) is 0 Å². The molecule has 0 fully saturated rings. The molecular weight excluding hydrogens is 347 g/mol. The standard InChI is InChI=1S/C25H21OP/c26-25-19-11-10-12-21(25)20-27(22-13-4-1-5-14-22,23-15-6-2-7-16-23)24-17-8-3-9-18-24/h1-19H,20H2. The molecule has 4 rings (SSSR count). The fraction of sp³-hybridized carbons (Fsp3) is 0.0400. The monoisotopic (exact) mass is 368 g/mol. The van der Waals surface area contributed by atoms with Crippen molar-refractivity contribution in [2.24, 2.45) is 0 Å². The van der Waals surface area contributed by atoms with E-state index >= 15 is 0 Å². The van der Waals surface area contributed by atoms with Gasteiger partial charge in [-0.2, -0.15) is 0 Å². The normalized spacial score (nSPS) is 11.3. The Hall–Kier alpha value is -2.89. The van der Waals surface area contributed by atoms with Crippen molar-refractivity contribution < 1.29 is 5.11 Å². The highest BCUT2D eigenvalue weighted by Gasteiger charge is 2.45. The summed E-state index contributed by atoms with van der Waals surface area (Å²) in [4.78, 5) is 0. The van der Waals surface area contributed by atoms with E-state index < -0.39 is 7.26 Å². The predicted molar refractivity (Wildman–Crippen MR) is 115 cm³/mol. The summed E-state index contributed by atoms with van der Waals surface area (Å²) in [5, 5.41) is 16.5. The zero-order chi connectivity index (χ0) is 18.5. The van der Waals surface area contributed by atoms with Crippen molar-refractivity contribution in [3.63, 3.8) is 0 Å². The molecule has 0 aliphatic carbocycles. The summed E-state index contributed by atoms with van der Waals surface area (Å²) in [5.41, 5.74) is 0.877. The molecule has 4 aromatic carbocycles. The molecule has 0 amide bonds. The van der Waals surface area contributed by atoms with Crippen LogP contribution in [0.15, 0.2) is 115 Å². The molecule has 0 aliphatic heterocycles. The van der Waals surface area contributed by atoms with Gasteiger partial charge >= 0.3 is 0 Å². The number of para-hydroxylation sites is 1. The van der Waals surface area contributed by atoms with Crippen LogP contribution < -0.4 is 21.0 Å². The van der Waals surface area contributed by atoms with Gasteiger partial charge in [0.05, 0.1) is 6.16 Å². The van der Waals surface area contributed by atoms with E-state index in [0.29, 0.717) is 0 Å². The fourth-order valence-corrected chi connectivity index (χ4v) is 7.92. The minimum atomic E-state index is -2.00. The van der Waals surface area contributed by atoms with Crippen molar-refractivity contribution in [1.82, 2.24) is 0 Å². The Morgan fingerprint density at radius 1 is 0.481 bits per heavy atom. The summed E-state index contributed by atoms with van der Waals surface area (Å²) < 4.78 is 0. The summed E-state index contributed by atoms with van der Waals surface area (Å²) in [6, 6.07) is 39.4. The maximum absolute atomic E-state index is 12.6. The van der Waals surface area contributed by atoms with Gasteiger partial charge in [0.25, 0.3) is 0 Å². The quantitative estimate of drug-likeness (QED) is 0.483. The summed E-state index contributed by atoms with van der Waals surface area (Å²) >= 11 is 0. The van der Waals surface area contributed by atoms with Gasteiger partial charge in [-0.1, -0.05) is 78.9 Å². The van der Waals surface area contributed by atoms with Gasteiger partial charge in [0, 0.05) is 0 Å². The topological polar surface area (TPSA) is 23.1 Å². The Kier molecular flexibility index (Phi) is 5.05. The average Bonchev–Trinajstić information content (AvgIpc) is 2.75. The van der Waals surface area contributed by atoms with Gasteiger partial charge in [0.1, 0.15) is 23.2 Å². The molecule has 4 aromatic rings. The highest BCUT2D eigenvalue weighted by molar-refractivity contribution is 7.95. The van der Waals surface area contributed by atoms with Crippen LogP contribution in [0.5, 0.6) is 5.75 Å². The molecule has 0 saturated carbocycles. The van der Waals surface area contributed by atoms with Gasteiger partial charge < -0.3 is 5.11 Å². The Morgan fingerprint density at radius 3 is 1.26 bits per heavy atom. The van der Waals surface area contributed by atoms with Crippen molar-refractivity contribution in [1.29, 1.82) is 0 Å². The zero-order valence-corrected chi connectivity index (χ0v) is 15.9. The molecule has 0 spiro atoms. The van der Waals surface area contributed by atoms with Crippen LogP contribution in [0.2, 0.25) is 0 Å². The van der Waals surface area contributed by atoms with Gasteiger partial charge in [-0.25, -0.2) is 0 Å². The lowest BCUT2D eigenvalue weighted by Gasteiger charge is -2.29. The second kappa shape index (κ2) is 7.78. The molecule has 0 aromatic heterocycles. The third-order valence-corrected chi connectivity index (χ3v) is 9.33. The molecule has 0 heterocycles. The molecule has 132 valence electrons. The maximum Gasteiger partial charge on any atom is 0.116 e. The van der Waals surface area contributed by atoms with Crippen LogP contribution in [0.1, 0.15) is 5.56 Å². The average molecular weight is 368 g/mol. The van der Waals surface area contributed by atoms with Crippen LogP contribution in [0.3, 0.4) is 0 Å². The van der Waals surface area contributed by atoms with Crippen molar-refractivity contribution in [2.45, 2.75) is 6.16 Å². The Bertz CT molecular complexity index is 901. The molecule has 0 unspecified atom stereocenters. The Morgan fingerprint density at radius 2 is 0.852 bits per heavy atom. The first-order valence-corrected chi connectivity index (χ1v) is 11.1. The first kappa shape index (κ1) is 17.5. The van der Waals surface area contributed by atoms with Crippen molar-refractivity contribution in [3.05, 3.63) is 121 Å². The molecule has 0 radical (unpaired) electrons. The smallest absolute Gasteiger partial charge is 0.116 e. The zero-order valence-electron chi connectivity index (χ0n) is 15.0. The number of benzene rings is 4. The lowest BCUT2D eigenvalue weighted by molar-refractivity contribution is -0.269. The van der Waals surface area contributed by atoms with Crippen LogP contribution in [0.4, 0.5) is 0 Å².